The van der Waals surface area contributed by atoms with Crippen molar-refractivity contribution in [3.8, 4) is 0 Å². The number of hydrogen-bond acceptors (Lipinski definition) is 3. The van der Waals surface area contributed by atoms with Crippen molar-refractivity contribution in [3.63, 3.8) is 0 Å². The highest BCUT2D eigenvalue weighted by atomic mass is 32.2. The molecule has 1 aliphatic heterocycles. The summed E-state index contributed by atoms with van der Waals surface area (Å²) < 4.78 is 24.8. The minimum atomic E-state index is -3.18. The van der Waals surface area contributed by atoms with Crippen LogP contribution in [0.25, 0.3) is 0 Å². The minimum absolute atomic E-state index is 0.0306. The summed E-state index contributed by atoms with van der Waals surface area (Å²) in [5.74, 6) is 0.0667. The first-order valence-corrected chi connectivity index (χ1v) is 7.45. The van der Waals surface area contributed by atoms with E-state index in [0.29, 0.717) is 6.54 Å². The Kier molecular flexibility index (Phi) is 4.32. The van der Waals surface area contributed by atoms with Gasteiger partial charge in [-0.2, -0.15) is 0 Å². The number of sulfonamides is 1. The largest absolute Gasteiger partial charge is 0.341 e. The first kappa shape index (κ1) is 13.4. The van der Waals surface area contributed by atoms with Crippen LogP contribution in [0.4, 0.5) is 0 Å². The fraction of sp³-hybridized carbons (Fsp3) is 0.900. The Morgan fingerprint density at radius 3 is 2.56 bits per heavy atom. The summed E-state index contributed by atoms with van der Waals surface area (Å²) >= 11 is 0. The van der Waals surface area contributed by atoms with Gasteiger partial charge >= 0.3 is 0 Å². The molecule has 1 heterocycles. The van der Waals surface area contributed by atoms with Gasteiger partial charge in [-0.15, -0.1) is 0 Å². The second-order valence-corrected chi connectivity index (χ2v) is 6.45. The van der Waals surface area contributed by atoms with E-state index in [2.05, 4.69) is 4.72 Å². The number of hydrogen-bond donors (Lipinski definition) is 1. The number of carbonyl (C=O) groups is 1. The molecule has 1 rings (SSSR count). The Morgan fingerprint density at radius 1 is 1.44 bits per heavy atom. The molecule has 6 heteroatoms. The molecule has 0 saturated carbocycles. The van der Waals surface area contributed by atoms with Crippen molar-refractivity contribution in [2.24, 2.45) is 5.92 Å². The molecule has 0 bridgehead atoms. The van der Waals surface area contributed by atoms with E-state index in [-0.39, 0.29) is 17.9 Å². The smallest absolute Gasteiger partial charge is 0.225 e. The molecule has 94 valence electrons. The first-order chi connectivity index (χ1) is 7.29. The summed E-state index contributed by atoms with van der Waals surface area (Å²) in [6.07, 6.45) is 2.80. The number of carbonyl (C=O) groups excluding carboxylic acids is 1. The van der Waals surface area contributed by atoms with Crippen LogP contribution in [0.5, 0.6) is 0 Å². The third kappa shape index (κ3) is 4.09. The average Bonchev–Trinajstić information content (AvgIpc) is 2.14. The van der Waals surface area contributed by atoms with Gasteiger partial charge in [0.15, 0.2) is 0 Å². The molecule has 1 N–H and O–H groups in total. The van der Waals surface area contributed by atoms with Gasteiger partial charge in [-0.3, -0.25) is 4.79 Å². The molecule has 0 unspecified atom stereocenters. The van der Waals surface area contributed by atoms with Gasteiger partial charge < -0.3 is 4.90 Å². The third-order valence-electron chi connectivity index (χ3n) is 2.61. The zero-order chi connectivity index (χ0) is 12.3. The number of piperidine rings is 1. The van der Waals surface area contributed by atoms with Crippen molar-refractivity contribution < 1.29 is 13.2 Å². The molecule has 1 aliphatic rings. The maximum atomic E-state index is 11.8. The predicted octanol–water partition coefficient (Wildman–Crippen LogP) is 0.183. The van der Waals surface area contributed by atoms with E-state index in [1.165, 1.54) is 0 Å². The molecule has 0 aromatic rings. The second kappa shape index (κ2) is 5.14. The number of likely N-dealkylation sites (tertiary alicyclic amines) is 1. The van der Waals surface area contributed by atoms with Crippen LogP contribution in [0, 0.1) is 5.92 Å². The maximum absolute atomic E-state index is 11.8. The molecule has 1 saturated heterocycles. The van der Waals surface area contributed by atoms with Crippen LogP contribution in [0.2, 0.25) is 0 Å². The van der Waals surface area contributed by atoms with E-state index < -0.39 is 10.0 Å². The quantitative estimate of drug-likeness (QED) is 0.775. The van der Waals surface area contributed by atoms with E-state index in [9.17, 15) is 13.2 Å². The lowest BCUT2D eigenvalue weighted by atomic mass is 10.0. The monoisotopic (exact) mass is 248 g/mol. The van der Waals surface area contributed by atoms with Gasteiger partial charge in [-0.05, 0) is 12.8 Å². The Balaban J connectivity index is 2.57. The van der Waals surface area contributed by atoms with Crippen LogP contribution in [-0.4, -0.2) is 44.6 Å². The molecule has 0 radical (unpaired) electrons. The van der Waals surface area contributed by atoms with Gasteiger partial charge in [0.2, 0.25) is 15.9 Å². The van der Waals surface area contributed by atoms with Gasteiger partial charge in [-0.25, -0.2) is 13.1 Å². The van der Waals surface area contributed by atoms with E-state index in [1.54, 1.807) is 4.90 Å². The van der Waals surface area contributed by atoms with Crippen molar-refractivity contribution >= 4 is 15.9 Å². The van der Waals surface area contributed by atoms with Gasteiger partial charge in [0.25, 0.3) is 0 Å². The molecule has 16 heavy (non-hydrogen) atoms. The lowest BCUT2D eigenvalue weighted by Crippen LogP contribution is -2.50. The molecule has 0 spiro atoms. The van der Waals surface area contributed by atoms with Crippen LogP contribution in [0.1, 0.15) is 26.7 Å². The lowest BCUT2D eigenvalue weighted by Gasteiger charge is -2.33. The summed E-state index contributed by atoms with van der Waals surface area (Å²) in [6.45, 7) is 4.94. The van der Waals surface area contributed by atoms with Crippen LogP contribution < -0.4 is 4.72 Å². The van der Waals surface area contributed by atoms with Gasteiger partial charge in [-0.1, -0.05) is 13.8 Å². The van der Waals surface area contributed by atoms with E-state index in [1.807, 2.05) is 13.8 Å². The van der Waals surface area contributed by atoms with E-state index in [4.69, 9.17) is 0 Å². The molecule has 1 amide bonds. The van der Waals surface area contributed by atoms with Crippen LogP contribution in [-0.2, 0) is 14.8 Å². The number of nitrogens with zero attached hydrogens (tertiary/aromatic N) is 1. The average molecular weight is 248 g/mol. The molecular weight excluding hydrogens is 228 g/mol. The number of amides is 1. The highest BCUT2D eigenvalue weighted by molar-refractivity contribution is 7.88. The molecule has 5 nitrogen and oxygen atoms in total. The molecular formula is C10H20N2O3S. The molecule has 0 aromatic heterocycles. The fourth-order valence-corrected chi connectivity index (χ4v) is 2.74. The number of rotatable bonds is 3. The summed E-state index contributed by atoms with van der Waals surface area (Å²) in [7, 11) is -3.18. The summed E-state index contributed by atoms with van der Waals surface area (Å²) in [5, 5.41) is 0. The normalized spacial score (nSPS) is 22.5. The summed E-state index contributed by atoms with van der Waals surface area (Å²) in [5.41, 5.74) is 0. The topological polar surface area (TPSA) is 66.5 Å². The second-order valence-electron chi connectivity index (χ2n) is 4.67. The zero-order valence-electron chi connectivity index (χ0n) is 10.1. The SMILES string of the molecule is CC(C)C(=O)N1CCC[C@H](NS(C)(=O)=O)C1. The molecule has 0 aromatic carbocycles. The Hall–Kier alpha value is -0.620. The Labute approximate surface area is 97.2 Å². The Morgan fingerprint density at radius 2 is 2.06 bits per heavy atom. The third-order valence-corrected chi connectivity index (χ3v) is 3.37. The molecule has 1 fully saturated rings. The lowest BCUT2D eigenvalue weighted by molar-refractivity contribution is -0.135. The van der Waals surface area contributed by atoms with Crippen molar-refractivity contribution in [1.82, 2.24) is 9.62 Å². The molecule has 0 aliphatic carbocycles. The maximum Gasteiger partial charge on any atom is 0.225 e. The highest BCUT2D eigenvalue weighted by Gasteiger charge is 2.26. The standard InChI is InChI=1S/C10H20N2O3S/c1-8(2)10(13)12-6-4-5-9(7-12)11-16(3,14)15/h8-9,11H,4-7H2,1-3H3/t9-/m0/s1. The number of nitrogens with one attached hydrogen (secondary N) is 1. The Bertz CT molecular complexity index is 351. The van der Waals surface area contributed by atoms with Crippen molar-refractivity contribution in [3.05, 3.63) is 0 Å². The van der Waals surface area contributed by atoms with E-state index >= 15 is 0 Å². The van der Waals surface area contributed by atoms with Crippen LogP contribution in [0.3, 0.4) is 0 Å². The van der Waals surface area contributed by atoms with Crippen LogP contribution in [0.15, 0.2) is 0 Å². The predicted molar refractivity (Wildman–Crippen MR) is 62.4 cm³/mol. The van der Waals surface area contributed by atoms with Gasteiger partial charge in [0, 0.05) is 25.0 Å². The zero-order valence-corrected chi connectivity index (χ0v) is 10.9. The van der Waals surface area contributed by atoms with Crippen molar-refractivity contribution in [1.29, 1.82) is 0 Å². The summed E-state index contributed by atoms with van der Waals surface area (Å²) in [4.78, 5) is 13.5. The highest BCUT2D eigenvalue weighted by Crippen LogP contribution is 2.13. The van der Waals surface area contributed by atoms with Crippen molar-refractivity contribution in [2.45, 2.75) is 32.7 Å². The minimum Gasteiger partial charge on any atom is -0.341 e. The van der Waals surface area contributed by atoms with E-state index in [0.717, 1.165) is 25.6 Å². The van der Waals surface area contributed by atoms with Gasteiger partial charge in [0.05, 0.1) is 6.26 Å². The summed E-state index contributed by atoms with van der Waals surface area (Å²) in [6, 6.07) is -0.133. The van der Waals surface area contributed by atoms with Crippen molar-refractivity contribution in [2.75, 3.05) is 19.3 Å². The molecule has 1 atom stereocenters. The van der Waals surface area contributed by atoms with Gasteiger partial charge in [0.1, 0.15) is 0 Å². The van der Waals surface area contributed by atoms with Crippen LogP contribution >= 0.6 is 0 Å². The first-order valence-electron chi connectivity index (χ1n) is 5.55. The fourth-order valence-electron chi connectivity index (χ4n) is 1.94.